The highest BCUT2D eigenvalue weighted by Gasteiger charge is 2.30. The number of fused-ring (bicyclic) bond motifs is 1. The Bertz CT molecular complexity index is 1170. The molecule has 34 heavy (non-hydrogen) atoms. The van der Waals surface area contributed by atoms with Crippen LogP contribution in [0.15, 0.2) is 66.7 Å². The minimum atomic E-state index is -0.173. The lowest BCUT2D eigenvalue weighted by Crippen LogP contribution is -2.14. The van der Waals surface area contributed by atoms with Crippen LogP contribution < -0.4 is 25.4 Å². The molecule has 0 fully saturated rings. The second-order valence-electron chi connectivity index (χ2n) is 8.18. The predicted octanol–water partition coefficient (Wildman–Crippen LogP) is 5.53. The van der Waals surface area contributed by atoms with E-state index in [2.05, 4.69) is 35.0 Å². The van der Waals surface area contributed by atoms with E-state index in [9.17, 15) is 4.79 Å². The van der Waals surface area contributed by atoms with Crippen LogP contribution in [0.2, 0.25) is 0 Å². The van der Waals surface area contributed by atoms with Gasteiger partial charge in [0, 0.05) is 23.9 Å². The molecule has 1 aliphatic heterocycles. The summed E-state index contributed by atoms with van der Waals surface area (Å²) in [5, 5.41) is 9.94. The molecule has 0 spiro atoms. The first-order valence-corrected chi connectivity index (χ1v) is 11.6. The second-order valence-corrected chi connectivity index (χ2v) is 8.18. The Labute approximate surface area is 201 Å². The fraction of sp³-hybridized carbons (Fsp3) is 0.250. The summed E-state index contributed by atoms with van der Waals surface area (Å²) < 4.78 is 10.9. The van der Waals surface area contributed by atoms with Crippen LogP contribution >= 0.6 is 0 Å². The number of unbranched alkanes of at least 4 members (excludes halogenated alkanes) is 1. The number of methoxy groups -OCH3 is 2. The summed E-state index contributed by atoms with van der Waals surface area (Å²) in [7, 11) is 3.17. The molecule has 176 valence electrons. The van der Waals surface area contributed by atoms with Crippen molar-refractivity contribution >= 4 is 28.6 Å². The zero-order valence-electron chi connectivity index (χ0n) is 19.9. The highest BCUT2D eigenvalue weighted by molar-refractivity contribution is 6.37. The van der Waals surface area contributed by atoms with Crippen LogP contribution in [0.3, 0.4) is 0 Å². The SMILES string of the molecule is CCCCNCc1ccc(NC(=C2C(=O)Nc3cc(OC)c(OC)cc32)c2ccccc2)cc1. The van der Waals surface area contributed by atoms with Crippen molar-refractivity contribution in [2.24, 2.45) is 0 Å². The van der Waals surface area contributed by atoms with E-state index in [1.807, 2.05) is 48.5 Å². The van der Waals surface area contributed by atoms with Crippen molar-refractivity contribution in [3.8, 4) is 11.5 Å². The van der Waals surface area contributed by atoms with Crippen molar-refractivity contribution in [3.63, 3.8) is 0 Å². The predicted molar refractivity (Wildman–Crippen MR) is 138 cm³/mol. The maximum absolute atomic E-state index is 13.2. The Morgan fingerprint density at radius 1 is 0.941 bits per heavy atom. The Morgan fingerprint density at radius 3 is 2.32 bits per heavy atom. The summed E-state index contributed by atoms with van der Waals surface area (Å²) in [6.45, 7) is 4.05. The first kappa shape index (κ1) is 23.4. The number of rotatable bonds is 10. The van der Waals surface area contributed by atoms with Crippen molar-refractivity contribution in [1.82, 2.24) is 5.32 Å². The number of amides is 1. The van der Waals surface area contributed by atoms with E-state index in [1.54, 1.807) is 20.3 Å². The van der Waals surface area contributed by atoms with E-state index >= 15 is 0 Å². The number of hydrogen-bond donors (Lipinski definition) is 3. The van der Waals surface area contributed by atoms with E-state index in [-0.39, 0.29) is 5.91 Å². The summed E-state index contributed by atoms with van der Waals surface area (Å²) in [5.74, 6) is 0.969. The number of ether oxygens (including phenoxy) is 2. The van der Waals surface area contributed by atoms with Gasteiger partial charge in [-0.2, -0.15) is 0 Å². The molecule has 0 saturated heterocycles. The highest BCUT2D eigenvalue weighted by Crippen LogP contribution is 2.43. The average Bonchev–Trinajstić information content (AvgIpc) is 3.19. The number of carbonyl (C=O) groups excluding carboxylic acids is 1. The van der Waals surface area contributed by atoms with Gasteiger partial charge in [-0.25, -0.2) is 0 Å². The molecule has 0 aromatic heterocycles. The van der Waals surface area contributed by atoms with E-state index in [0.717, 1.165) is 35.6 Å². The molecule has 0 unspecified atom stereocenters. The smallest absolute Gasteiger partial charge is 0.258 e. The average molecular weight is 458 g/mol. The van der Waals surface area contributed by atoms with Gasteiger partial charge in [-0.1, -0.05) is 55.8 Å². The molecule has 0 aliphatic carbocycles. The topological polar surface area (TPSA) is 71.6 Å². The van der Waals surface area contributed by atoms with Gasteiger partial charge in [0.25, 0.3) is 5.91 Å². The summed E-state index contributed by atoms with van der Waals surface area (Å²) >= 11 is 0. The van der Waals surface area contributed by atoms with E-state index < -0.39 is 0 Å². The lowest BCUT2D eigenvalue weighted by molar-refractivity contribution is -0.110. The summed E-state index contributed by atoms with van der Waals surface area (Å²) in [6.07, 6.45) is 2.36. The third kappa shape index (κ3) is 5.07. The largest absolute Gasteiger partial charge is 0.493 e. The van der Waals surface area contributed by atoms with Gasteiger partial charge in [0.05, 0.1) is 31.2 Å². The molecule has 3 N–H and O–H groups in total. The maximum Gasteiger partial charge on any atom is 0.258 e. The van der Waals surface area contributed by atoms with Crippen molar-refractivity contribution in [1.29, 1.82) is 0 Å². The van der Waals surface area contributed by atoms with E-state index in [1.165, 1.54) is 18.4 Å². The first-order valence-electron chi connectivity index (χ1n) is 11.6. The minimum absolute atomic E-state index is 0.173. The molecule has 0 bridgehead atoms. The van der Waals surface area contributed by atoms with Gasteiger partial charge in [-0.15, -0.1) is 0 Å². The molecular formula is C28H31N3O3. The third-order valence-corrected chi connectivity index (χ3v) is 5.84. The zero-order valence-corrected chi connectivity index (χ0v) is 19.9. The molecule has 0 radical (unpaired) electrons. The molecule has 6 heteroatoms. The fourth-order valence-corrected chi connectivity index (χ4v) is 4.01. The van der Waals surface area contributed by atoms with Gasteiger partial charge in [-0.05, 0) is 42.3 Å². The van der Waals surface area contributed by atoms with Crippen LogP contribution in [-0.2, 0) is 11.3 Å². The fourth-order valence-electron chi connectivity index (χ4n) is 4.01. The minimum Gasteiger partial charge on any atom is -0.493 e. The van der Waals surface area contributed by atoms with Crippen LogP contribution in [0, 0.1) is 0 Å². The summed E-state index contributed by atoms with van der Waals surface area (Å²) in [4.78, 5) is 13.2. The van der Waals surface area contributed by atoms with Gasteiger partial charge >= 0.3 is 0 Å². The van der Waals surface area contributed by atoms with Gasteiger partial charge in [0.15, 0.2) is 11.5 Å². The van der Waals surface area contributed by atoms with Crippen molar-refractivity contribution in [3.05, 3.63) is 83.4 Å². The van der Waals surface area contributed by atoms with Crippen molar-refractivity contribution < 1.29 is 14.3 Å². The molecule has 3 aromatic carbocycles. The number of anilines is 2. The Kier molecular flexibility index (Phi) is 7.50. The quantitative estimate of drug-likeness (QED) is 0.276. The molecule has 1 amide bonds. The molecule has 4 rings (SSSR count). The standard InChI is InChI=1S/C28H31N3O3/c1-4-5-15-29-18-19-11-13-21(14-12-19)30-27(20-9-7-6-8-10-20)26-22-16-24(33-2)25(34-3)17-23(22)31-28(26)32/h6-14,16-17,29-30H,4-5,15,18H2,1-3H3,(H,31,32). The van der Waals surface area contributed by atoms with E-state index in [0.29, 0.717) is 22.8 Å². The maximum atomic E-state index is 13.2. The molecule has 3 aromatic rings. The monoisotopic (exact) mass is 457 g/mol. The molecule has 1 heterocycles. The van der Waals surface area contributed by atoms with Gasteiger partial charge < -0.3 is 25.4 Å². The number of carbonyl (C=O) groups is 1. The normalized spacial score (nSPS) is 13.8. The van der Waals surface area contributed by atoms with Crippen LogP contribution in [-0.4, -0.2) is 26.7 Å². The number of hydrogen-bond acceptors (Lipinski definition) is 5. The molecule has 0 saturated carbocycles. The third-order valence-electron chi connectivity index (χ3n) is 5.84. The van der Waals surface area contributed by atoms with Crippen molar-refractivity contribution in [2.45, 2.75) is 26.3 Å². The molecule has 0 atom stereocenters. The zero-order chi connectivity index (χ0) is 23.9. The van der Waals surface area contributed by atoms with E-state index in [4.69, 9.17) is 9.47 Å². The van der Waals surface area contributed by atoms with Crippen LogP contribution in [0.4, 0.5) is 11.4 Å². The Morgan fingerprint density at radius 2 is 1.65 bits per heavy atom. The van der Waals surface area contributed by atoms with Crippen molar-refractivity contribution in [2.75, 3.05) is 31.4 Å². The van der Waals surface area contributed by atoms with Gasteiger partial charge in [0.1, 0.15) is 0 Å². The second kappa shape index (κ2) is 10.9. The first-order chi connectivity index (χ1) is 16.6. The van der Waals surface area contributed by atoms with Crippen LogP contribution in [0.1, 0.15) is 36.5 Å². The van der Waals surface area contributed by atoms with Gasteiger partial charge in [-0.3, -0.25) is 4.79 Å². The molecular weight excluding hydrogens is 426 g/mol. The summed E-state index contributed by atoms with van der Waals surface area (Å²) in [6, 6.07) is 21.8. The van der Waals surface area contributed by atoms with Gasteiger partial charge in [0.2, 0.25) is 0 Å². The van der Waals surface area contributed by atoms with Crippen LogP contribution in [0.25, 0.3) is 11.3 Å². The lowest BCUT2D eigenvalue weighted by Gasteiger charge is -2.16. The number of nitrogens with one attached hydrogen (secondary N) is 3. The molecule has 1 aliphatic rings. The molecule has 6 nitrogen and oxygen atoms in total. The Hall–Kier alpha value is -3.77. The lowest BCUT2D eigenvalue weighted by atomic mass is 9.99. The van der Waals surface area contributed by atoms with Crippen LogP contribution in [0.5, 0.6) is 11.5 Å². The number of benzene rings is 3. The highest BCUT2D eigenvalue weighted by atomic mass is 16.5. The summed E-state index contributed by atoms with van der Waals surface area (Å²) in [5.41, 5.74) is 5.81. The Balaban J connectivity index is 1.71.